The van der Waals surface area contributed by atoms with Crippen molar-refractivity contribution < 1.29 is 0 Å². The number of nitrogens with two attached hydrogens (primary N) is 1. The Morgan fingerprint density at radius 3 is 2.68 bits per heavy atom. The van der Waals surface area contributed by atoms with Crippen LogP contribution in [0.4, 0.5) is 11.6 Å². The molecule has 1 aromatic rings. The zero-order valence-corrected chi connectivity index (χ0v) is 11.9. The van der Waals surface area contributed by atoms with Crippen LogP contribution >= 0.6 is 0 Å². The predicted molar refractivity (Wildman–Crippen MR) is 79.4 cm³/mol. The van der Waals surface area contributed by atoms with Crippen molar-refractivity contribution in [3.05, 3.63) is 11.9 Å². The molecule has 5 heteroatoms. The van der Waals surface area contributed by atoms with E-state index in [-0.39, 0.29) is 0 Å². The monoisotopic (exact) mass is 263 g/mol. The Bertz CT molecular complexity index is 401. The second kappa shape index (κ2) is 6.70. The standard InChI is InChI=1S/C14H25N5/c1-10(8-15)9-16-13-7-14(18-11(2)17-13)19-12-5-3-4-6-12/h7,10,12H,3-6,8-9,15H2,1-2H3,(H2,16,17,18,19). The summed E-state index contributed by atoms with van der Waals surface area (Å²) < 4.78 is 0. The van der Waals surface area contributed by atoms with Gasteiger partial charge in [0.2, 0.25) is 0 Å². The third kappa shape index (κ3) is 4.35. The van der Waals surface area contributed by atoms with E-state index in [9.17, 15) is 0 Å². The van der Waals surface area contributed by atoms with Crippen LogP contribution in [0.3, 0.4) is 0 Å². The number of hydrogen-bond donors (Lipinski definition) is 3. The highest BCUT2D eigenvalue weighted by molar-refractivity contribution is 5.48. The summed E-state index contributed by atoms with van der Waals surface area (Å²) in [5.41, 5.74) is 5.62. The minimum atomic E-state index is 0.446. The summed E-state index contributed by atoms with van der Waals surface area (Å²) in [4.78, 5) is 8.87. The summed E-state index contributed by atoms with van der Waals surface area (Å²) in [5.74, 6) is 3.06. The van der Waals surface area contributed by atoms with Gasteiger partial charge in [-0.25, -0.2) is 9.97 Å². The fourth-order valence-electron chi connectivity index (χ4n) is 2.37. The van der Waals surface area contributed by atoms with Gasteiger partial charge >= 0.3 is 0 Å². The lowest BCUT2D eigenvalue weighted by Crippen LogP contribution is -2.21. The third-order valence-electron chi connectivity index (χ3n) is 3.58. The summed E-state index contributed by atoms with van der Waals surface area (Å²) in [5, 5.41) is 6.84. The highest BCUT2D eigenvalue weighted by Gasteiger charge is 2.15. The fourth-order valence-corrected chi connectivity index (χ4v) is 2.37. The maximum atomic E-state index is 5.62. The Morgan fingerprint density at radius 2 is 2.00 bits per heavy atom. The number of aryl methyl sites for hydroxylation is 1. The van der Waals surface area contributed by atoms with E-state index in [2.05, 4.69) is 27.5 Å². The van der Waals surface area contributed by atoms with E-state index in [4.69, 9.17) is 5.73 Å². The molecule has 1 fully saturated rings. The average Bonchev–Trinajstić information content (AvgIpc) is 2.88. The summed E-state index contributed by atoms with van der Waals surface area (Å²) in [6.45, 7) is 5.58. The smallest absolute Gasteiger partial charge is 0.132 e. The predicted octanol–water partition coefficient (Wildman–Crippen LogP) is 2.15. The lowest BCUT2D eigenvalue weighted by molar-refractivity contribution is 0.626. The Labute approximate surface area is 115 Å². The number of rotatable bonds is 6. The lowest BCUT2D eigenvalue weighted by Gasteiger charge is -2.15. The molecule has 0 bridgehead atoms. The number of anilines is 2. The first-order chi connectivity index (χ1) is 9.17. The maximum absolute atomic E-state index is 5.62. The highest BCUT2D eigenvalue weighted by Crippen LogP contribution is 2.22. The number of aromatic nitrogens is 2. The van der Waals surface area contributed by atoms with Crippen LogP contribution in [0, 0.1) is 12.8 Å². The van der Waals surface area contributed by atoms with Gasteiger partial charge in [0.05, 0.1) is 0 Å². The van der Waals surface area contributed by atoms with Gasteiger partial charge in [-0.2, -0.15) is 0 Å². The van der Waals surface area contributed by atoms with Gasteiger partial charge in [0, 0.05) is 18.7 Å². The molecule has 4 N–H and O–H groups in total. The van der Waals surface area contributed by atoms with Crippen molar-refractivity contribution in [3.63, 3.8) is 0 Å². The van der Waals surface area contributed by atoms with Crippen molar-refractivity contribution in [1.82, 2.24) is 9.97 Å². The second-order valence-electron chi connectivity index (χ2n) is 5.53. The van der Waals surface area contributed by atoms with Crippen LogP contribution in [0.1, 0.15) is 38.4 Å². The summed E-state index contributed by atoms with van der Waals surface area (Å²) in [7, 11) is 0. The molecule has 0 amide bonds. The number of nitrogens with one attached hydrogen (secondary N) is 2. The van der Waals surface area contributed by atoms with E-state index in [1.54, 1.807) is 0 Å². The van der Waals surface area contributed by atoms with Crippen molar-refractivity contribution in [3.8, 4) is 0 Å². The van der Waals surface area contributed by atoms with E-state index in [1.165, 1.54) is 25.7 Å². The first kappa shape index (κ1) is 14.1. The van der Waals surface area contributed by atoms with Crippen LogP contribution in [0.5, 0.6) is 0 Å². The molecule has 1 heterocycles. The summed E-state index contributed by atoms with van der Waals surface area (Å²) >= 11 is 0. The molecule has 1 aromatic heterocycles. The van der Waals surface area contributed by atoms with Crippen LogP contribution in [0.25, 0.3) is 0 Å². The summed E-state index contributed by atoms with van der Waals surface area (Å²) in [6.07, 6.45) is 5.13. The van der Waals surface area contributed by atoms with E-state index >= 15 is 0 Å². The quantitative estimate of drug-likeness (QED) is 0.733. The molecule has 19 heavy (non-hydrogen) atoms. The molecular formula is C14H25N5. The normalized spacial score (nSPS) is 17.4. The Morgan fingerprint density at radius 1 is 1.32 bits per heavy atom. The van der Waals surface area contributed by atoms with Crippen molar-refractivity contribution in [2.24, 2.45) is 11.7 Å². The molecule has 5 nitrogen and oxygen atoms in total. The molecule has 2 rings (SSSR count). The average molecular weight is 263 g/mol. The number of nitrogens with zero attached hydrogens (tertiary/aromatic N) is 2. The molecule has 0 saturated heterocycles. The van der Waals surface area contributed by atoms with Crippen molar-refractivity contribution in [2.75, 3.05) is 23.7 Å². The minimum Gasteiger partial charge on any atom is -0.370 e. The minimum absolute atomic E-state index is 0.446. The second-order valence-corrected chi connectivity index (χ2v) is 5.53. The van der Waals surface area contributed by atoms with Gasteiger partial charge in [0.25, 0.3) is 0 Å². The zero-order chi connectivity index (χ0) is 13.7. The van der Waals surface area contributed by atoms with Gasteiger partial charge in [-0.05, 0) is 32.2 Å². The maximum Gasteiger partial charge on any atom is 0.132 e. The highest BCUT2D eigenvalue weighted by atomic mass is 15.1. The Balaban J connectivity index is 1.97. The van der Waals surface area contributed by atoms with Crippen LogP contribution in [-0.2, 0) is 0 Å². The first-order valence-corrected chi connectivity index (χ1v) is 7.23. The van der Waals surface area contributed by atoms with Crippen molar-refractivity contribution >= 4 is 11.6 Å². The van der Waals surface area contributed by atoms with Gasteiger partial charge in [-0.3, -0.25) is 0 Å². The Kier molecular flexibility index (Phi) is 4.96. The van der Waals surface area contributed by atoms with E-state index in [0.717, 1.165) is 24.0 Å². The largest absolute Gasteiger partial charge is 0.370 e. The van der Waals surface area contributed by atoms with Gasteiger partial charge in [-0.15, -0.1) is 0 Å². The molecule has 106 valence electrons. The molecule has 1 aliphatic carbocycles. The van der Waals surface area contributed by atoms with Crippen LogP contribution in [0.2, 0.25) is 0 Å². The zero-order valence-electron chi connectivity index (χ0n) is 11.9. The van der Waals surface area contributed by atoms with Gasteiger partial charge in [-0.1, -0.05) is 19.8 Å². The van der Waals surface area contributed by atoms with Gasteiger partial charge in [0.1, 0.15) is 17.5 Å². The van der Waals surface area contributed by atoms with Crippen molar-refractivity contribution in [1.29, 1.82) is 0 Å². The molecule has 1 unspecified atom stereocenters. The SMILES string of the molecule is Cc1nc(NCC(C)CN)cc(NC2CCCC2)n1. The molecule has 1 saturated carbocycles. The van der Waals surface area contributed by atoms with E-state index in [1.807, 2.05) is 13.0 Å². The molecule has 0 aliphatic heterocycles. The molecule has 0 spiro atoms. The van der Waals surface area contributed by atoms with Crippen LogP contribution in [0.15, 0.2) is 6.07 Å². The third-order valence-corrected chi connectivity index (χ3v) is 3.58. The molecule has 0 radical (unpaired) electrons. The first-order valence-electron chi connectivity index (χ1n) is 7.23. The van der Waals surface area contributed by atoms with Crippen LogP contribution in [-0.4, -0.2) is 29.1 Å². The molecule has 1 aliphatic rings. The molecular weight excluding hydrogens is 238 g/mol. The summed E-state index contributed by atoms with van der Waals surface area (Å²) in [6, 6.07) is 2.57. The van der Waals surface area contributed by atoms with E-state index < -0.39 is 0 Å². The molecule has 1 atom stereocenters. The fraction of sp³-hybridized carbons (Fsp3) is 0.714. The molecule has 0 aromatic carbocycles. The lowest BCUT2D eigenvalue weighted by atomic mass is 10.2. The van der Waals surface area contributed by atoms with Gasteiger partial charge < -0.3 is 16.4 Å². The van der Waals surface area contributed by atoms with E-state index in [0.29, 0.717) is 18.5 Å². The van der Waals surface area contributed by atoms with Gasteiger partial charge in [0.15, 0.2) is 0 Å². The topological polar surface area (TPSA) is 75.9 Å². The number of hydrogen-bond acceptors (Lipinski definition) is 5. The van der Waals surface area contributed by atoms with Crippen molar-refractivity contribution in [2.45, 2.75) is 45.6 Å². The Hall–Kier alpha value is -1.36. The van der Waals surface area contributed by atoms with Crippen LogP contribution < -0.4 is 16.4 Å².